The molecule has 2 unspecified atom stereocenters. The number of likely N-dealkylation sites (tertiary alicyclic amines) is 1. The predicted octanol–water partition coefficient (Wildman–Crippen LogP) is 4.74. The number of carbonyl (C=O) groups excluding carboxylic acids is 2. The number of carbonyl (C=O) groups is 2. The Morgan fingerprint density at radius 1 is 0.977 bits per heavy atom. The van der Waals surface area contributed by atoms with Crippen LogP contribution in [0.2, 0.25) is 0 Å². The number of hydrogen-bond donors (Lipinski definition) is 1. The number of ether oxygens (including phenoxy) is 4. The second kappa shape index (κ2) is 13.1. The smallest absolute Gasteiger partial charge is 0.295 e. The van der Waals surface area contributed by atoms with Gasteiger partial charge in [-0.3, -0.25) is 14.5 Å². The summed E-state index contributed by atoms with van der Waals surface area (Å²) >= 11 is 0. The number of Topliss-reactive ketones (excluding diaryl/α,β-unsaturated/α-hetero) is 1. The fourth-order valence-corrected chi connectivity index (χ4v) is 6.18. The second-order valence-corrected chi connectivity index (χ2v) is 11.4. The van der Waals surface area contributed by atoms with Gasteiger partial charge in [0.05, 0.1) is 31.9 Å². The van der Waals surface area contributed by atoms with Crippen molar-refractivity contribution in [1.29, 1.82) is 0 Å². The molecule has 0 radical (unpaired) electrons. The maximum absolute atomic E-state index is 13.6. The summed E-state index contributed by atoms with van der Waals surface area (Å²) in [5.41, 5.74) is 3.17. The monoisotopic (exact) mass is 598 g/mol. The summed E-state index contributed by atoms with van der Waals surface area (Å²) in [6.07, 6.45) is 1.42. The summed E-state index contributed by atoms with van der Waals surface area (Å²) < 4.78 is 23.1. The van der Waals surface area contributed by atoms with Crippen LogP contribution in [0.25, 0.3) is 5.76 Å². The predicted molar refractivity (Wildman–Crippen MR) is 165 cm³/mol. The van der Waals surface area contributed by atoms with Crippen molar-refractivity contribution in [2.45, 2.75) is 38.5 Å². The van der Waals surface area contributed by atoms with E-state index in [0.29, 0.717) is 61.8 Å². The fourth-order valence-electron chi connectivity index (χ4n) is 6.18. The van der Waals surface area contributed by atoms with Crippen LogP contribution in [0.3, 0.4) is 0 Å². The standard InChI is InChI=1S/C35H38N2O7/c1-23-19-27-20-26(10-11-28(27)44-23)33(38)31-32(37(35(40)34(31)39)14-6-13-36-15-17-42-18-16-36)25-9-12-29(30(21-25)41-2)43-22-24-7-4-3-5-8-24/h3-5,7-12,20-21,23,32,38H,6,13-19,22H2,1-2H3. The number of aliphatic hydroxyl groups is 1. The molecule has 9 nitrogen and oxygen atoms in total. The molecule has 6 rings (SSSR count). The van der Waals surface area contributed by atoms with E-state index in [4.69, 9.17) is 18.9 Å². The van der Waals surface area contributed by atoms with Crippen LogP contribution >= 0.6 is 0 Å². The Kier molecular flexibility index (Phi) is 8.86. The Morgan fingerprint density at radius 3 is 2.55 bits per heavy atom. The minimum atomic E-state index is -0.791. The van der Waals surface area contributed by atoms with Crippen molar-refractivity contribution in [2.75, 3.05) is 46.5 Å². The van der Waals surface area contributed by atoms with Crippen LogP contribution in [0.15, 0.2) is 72.3 Å². The molecule has 1 amide bonds. The molecule has 0 aliphatic carbocycles. The number of amides is 1. The third-order valence-corrected chi connectivity index (χ3v) is 8.43. The molecule has 2 atom stereocenters. The number of hydrogen-bond acceptors (Lipinski definition) is 8. The van der Waals surface area contributed by atoms with E-state index < -0.39 is 17.7 Å². The van der Waals surface area contributed by atoms with E-state index in [0.717, 1.165) is 36.5 Å². The van der Waals surface area contributed by atoms with Crippen LogP contribution in [-0.4, -0.2) is 79.2 Å². The number of aliphatic hydroxyl groups excluding tert-OH is 1. The molecule has 0 aromatic heterocycles. The topological polar surface area (TPSA) is 97.8 Å². The Morgan fingerprint density at radius 2 is 1.77 bits per heavy atom. The van der Waals surface area contributed by atoms with Gasteiger partial charge in [0, 0.05) is 38.2 Å². The van der Waals surface area contributed by atoms with Crippen LogP contribution in [0, 0.1) is 0 Å². The number of fused-ring (bicyclic) bond motifs is 1. The maximum atomic E-state index is 13.6. The molecule has 3 heterocycles. The first-order valence-electron chi connectivity index (χ1n) is 15.2. The van der Waals surface area contributed by atoms with Crippen LogP contribution < -0.4 is 14.2 Å². The Balaban J connectivity index is 1.34. The lowest BCUT2D eigenvalue weighted by Gasteiger charge is -2.29. The molecular formula is C35H38N2O7. The summed E-state index contributed by atoms with van der Waals surface area (Å²) in [5.74, 6) is 0.255. The van der Waals surface area contributed by atoms with E-state index in [1.165, 1.54) is 0 Å². The molecule has 3 aromatic carbocycles. The van der Waals surface area contributed by atoms with Crippen molar-refractivity contribution >= 4 is 17.4 Å². The molecule has 0 spiro atoms. The minimum absolute atomic E-state index is 0.0366. The first kappa shape index (κ1) is 29.7. The highest BCUT2D eigenvalue weighted by Gasteiger charge is 2.46. The third-order valence-electron chi connectivity index (χ3n) is 8.43. The Hall–Kier alpha value is -4.34. The van der Waals surface area contributed by atoms with Crippen LogP contribution in [-0.2, 0) is 27.4 Å². The molecule has 2 saturated heterocycles. The molecule has 3 aliphatic rings. The zero-order chi connectivity index (χ0) is 30.6. The summed E-state index contributed by atoms with van der Waals surface area (Å²) in [6.45, 7) is 6.53. The zero-order valence-corrected chi connectivity index (χ0v) is 25.2. The van der Waals surface area contributed by atoms with E-state index in [1.54, 1.807) is 30.2 Å². The van der Waals surface area contributed by atoms with Crippen LogP contribution in [0.5, 0.6) is 17.2 Å². The molecule has 230 valence electrons. The van der Waals surface area contributed by atoms with Crippen molar-refractivity contribution in [3.63, 3.8) is 0 Å². The average molecular weight is 599 g/mol. The number of rotatable bonds is 10. The van der Waals surface area contributed by atoms with E-state index in [-0.39, 0.29) is 17.4 Å². The van der Waals surface area contributed by atoms with Gasteiger partial charge in [-0.2, -0.15) is 0 Å². The van der Waals surface area contributed by atoms with Gasteiger partial charge in [-0.1, -0.05) is 36.4 Å². The lowest BCUT2D eigenvalue weighted by molar-refractivity contribution is -0.140. The van der Waals surface area contributed by atoms with Gasteiger partial charge in [0.25, 0.3) is 11.7 Å². The summed E-state index contributed by atoms with van der Waals surface area (Å²) in [4.78, 5) is 31.1. The first-order chi connectivity index (χ1) is 21.4. The van der Waals surface area contributed by atoms with Gasteiger partial charge in [0.2, 0.25) is 0 Å². The molecule has 2 fully saturated rings. The molecule has 44 heavy (non-hydrogen) atoms. The second-order valence-electron chi connectivity index (χ2n) is 11.4. The lowest BCUT2D eigenvalue weighted by Crippen LogP contribution is -2.39. The van der Waals surface area contributed by atoms with E-state index in [1.807, 2.05) is 55.5 Å². The number of methoxy groups -OCH3 is 1. The quantitative estimate of drug-likeness (QED) is 0.203. The molecule has 9 heteroatoms. The largest absolute Gasteiger partial charge is 0.507 e. The Bertz CT molecular complexity index is 1550. The molecular weight excluding hydrogens is 560 g/mol. The van der Waals surface area contributed by atoms with Crippen LogP contribution in [0.4, 0.5) is 0 Å². The van der Waals surface area contributed by atoms with Gasteiger partial charge in [0.15, 0.2) is 11.5 Å². The van der Waals surface area contributed by atoms with Crippen molar-refractivity contribution in [3.05, 3.63) is 94.6 Å². The summed E-state index contributed by atoms with van der Waals surface area (Å²) in [6, 6.07) is 19.8. The van der Waals surface area contributed by atoms with E-state index >= 15 is 0 Å². The van der Waals surface area contributed by atoms with Crippen molar-refractivity contribution in [3.8, 4) is 17.2 Å². The van der Waals surface area contributed by atoms with Gasteiger partial charge in [0.1, 0.15) is 24.2 Å². The molecule has 1 N–H and O–H groups in total. The van der Waals surface area contributed by atoms with E-state index in [2.05, 4.69) is 4.90 Å². The molecule has 0 saturated carbocycles. The molecule has 0 bridgehead atoms. The molecule has 3 aromatic rings. The number of benzene rings is 3. The fraction of sp³-hybridized carbons (Fsp3) is 0.371. The van der Waals surface area contributed by atoms with Gasteiger partial charge in [-0.05, 0) is 60.4 Å². The SMILES string of the molecule is COc1cc(C2C(=C(O)c3ccc4c(c3)CC(C)O4)C(=O)C(=O)N2CCCN2CCOCC2)ccc1OCc1ccccc1. The van der Waals surface area contributed by atoms with Gasteiger partial charge in [-0.25, -0.2) is 0 Å². The lowest BCUT2D eigenvalue weighted by atomic mass is 9.94. The third kappa shape index (κ3) is 6.16. The van der Waals surface area contributed by atoms with Gasteiger partial charge < -0.3 is 29.0 Å². The zero-order valence-electron chi connectivity index (χ0n) is 25.2. The van der Waals surface area contributed by atoms with Crippen molar-refractivity contribution < 1.29 is 33.6 Å². The number of morpholine rings is 1. The average Bonchev–Trinajstić information content (AvgIpc) is 3.55. The Labute approximate surface area is 257 Å². The molecule has 3 aliphatic heterocycles. The highest BCUT2D eigenvalue weighted by Crippen LogP contribution is 2.43. The first-order valence-corrected chi connectivity index (χ1v) is 15.2. The van der Waals surface area contributed by atoms with Crippen LogP contribution in [0.1, 0.15) is 41.6 Å². The maximum Gasteiger partial charge on any atom is 0.295 e. The number of nitrogens with zero attached hydrogens (tertiary/aromatic N) is 2. The summed E-state index contributed by atoms with van der Waals surface area (Å²) in [7, 11) is 1.56. The van der Waals surface area contributed by atoms with Gasteiger partial charge in [-0.15, -0.1) is 0 Å². The highest BCUT2D eigenvalue weighted by molar-refractivity contribution is 6.46. The minimum Gasteiger partial charge on any atom is -0.507 e. The van der Waals surface area contributed by atoms with Crippen molar-refractivity contribution in [1.82, 2.24) is 9.80 Å². The van der Waals surface area contributed by atoms with E-state index in [9.17, 15) is 14.7 Å². The van der Waals surface area contributed by atoms with Gasteiger partial charge >= 0.3 is 0 Å². The summed E-state index contributed by atoms with van der Waals surface area (Å²) in [5, 5.41) is 11.6. The number of ketones is 1. The highest BCUT2D eigenvalue weighted by atomic mass is 16.5. The van der Waals surface area contributed by atoms with Crippen molar-refractivity contribution in [2.24, 2.45) is 0 Å². The normalized spacial score (nSPS) is 21.3.